The summed E-state index contributed by atoms with van der Waals surface area (Å²) < 4.78 is 2.18. The summed E-state index contributed by atoms with van der Waals surface area (Å²) in [6.45, 7) is 4.84. The molecule has 3 nitrogen and oxygen atoms in total. The fourth-order valence-corrected chi connectivity index (χ4v) is 2.56. The van der Waals surface area contributed by atoms with E-state index in [1.807, 2.05) is 0 Å². The molecule has 0 saturated heterocycles. The summed E-state index contributed by atoms with van der Waals surface area (Å²) in [4.78, 5) is 4.80. The lowest BCUT2D eigenvalue weighted by Crippen LogP contribution is -1.96. The van der Waals surface area contributed by atoms with Crippen LogP contribution in [0.25, 0.3) is 16.9 Å². The average molecular weight is 265 g/mol. The molecule has 2 aromatic heterocycles. The molecule has 0 atom stereocenters. The summed E-state index contributed by atoms with van der Waals surface area (Å²) in [5.41, 5.74) is 12.5. The van der Waals surface area contributed by atoms with E-state index in [1.54, 1.807) is 0 Å². The number of benzene rings is 1. The Morgan fingerprint density at radius 2 is 1.90 bits per heavy atom. The van der Waals surface area contributed by atoms with E-state index in [4.69, 9.17) is 10.7 Å². The van der Waals surface area contributed by atoms with Crippen molar-refractivity contribution in [3.05, 3.63) is 59.4 Å². The molecule has 20 heavy (non-hydrogen) atoms. The first-order valence-electron chi connectivity index (χ1n) is 7.00. The van der Waals surface area contributed by atoms with Gasteiger partial charge in [0.25, 0.3) is 0 Å². The molecule has 3 rings (SSSR count). The van der Waals surface area contributed by atoms with E-state index in [-0.39, 0.29) is 0 Å². The molecule has 3 aromatic rings. The topological polar surface area (TPSA) is 43.3 Å². The monoisotopic (exact) mass is 265 g/mol. The van der Waals surface area contributed by atoms with Crippen molar-refractivity contribution in [2.75, 3.05) is 0 Å². The van der Waals surface area contributed by atoms with Gasteiger partial charge in [0.2, 0.25) is 0 Å². The van der Waals surface area contributed by atoms with Crippen LogP contribution in [0.2, 0.25) is 0 Å². The van der Waals surface area contributed by atoms with Crippen LogP contribution in [0.5, 0.6) is 0 Å². The second kappa shape index (κ2) is 5.10. The van der Waals surface area contributed by atoms with Crippen LogP contribution >= 0.6 is 0 Å². The Balaban J connectivity index is 2.18. The van der Waals surface area contributed by atoms with Gasteiger partial charge in [-0.3, -0.25) is 0 Å². The van der Waals surface area contributed by atoms with Crippen LogP contribution in [0.15, 0.2) is 42.6 Å². The third-order valence-corrected chi connectivity index (χ3v) is 3.68. The molecule has 0 amide bonds. The molecule has 0 aliphatic carbocycles. The first-order valence-corrected chi connectivity index (χ1v) is 7.00. The van der Waals surface area contributed by atoms with Gasteiger partial charge < -0.3 is 10.1 Å². The Kier molecular flexibility index (Phi) is 3.28. The van der Waals surface area contributed by atoms with Crippen molar-refractivity contribution < 1.29 is 0 Å². The zero-order valence-electron chi connectivity index (χ0n) is 11.9. The van der Waals surface area contributed by atoms with Gasteiger partial charge in [0, 0.05) is 18.3 Å². The standard InChI is InChI=1S/C17H19N3/c1-3-15-17(14-6-4-13(11-18)5-7-14)19-16-10-12(2)8-9-20(15)16/h4-10H,3,11,18H2,1-2H3. The largest absolute Gasteiger partial charge is 0.326 e. The molecular formula is C17H19N3. The van der Waals surface area contributed by atoms with Crippen LogP contribution in [-0.4, -0.2) is 9.38 Å². The third-order valence-electron chi connectivity index (χ3n) is 3.68. The normalized spacial score (nSPS) is 11.2. The number of aromatic nitrogens is 2. The number of hydrogen-bond acceptors (Lipinski definition) is 2. The number of nitrogens with two attached hydrogens (primary N) is 1. The fourth-order valence-electron chi connectivity index (χ4n) is 2.56. The summed E-state index contributed by atoms with van der Waals surface area (Å²) >= 11 is 0. The van der Waals surface area contributed by atoms with Crippen molar-refractivity contribution in [3.8, 4) is 11.3 Å². The van der Waals surface area contributed by atoms with Gasteiger partial charge in [0.1, 0.15) is 5.65 Å². The molecular weight excluding hydrogens is 246 g/mol. The Hall–Kier alpha value is -2.13. The molecule has 0 aliphatic rings. The van der Waals surface area contributed by atoms with Gasteiger partial charge in [0.15, 0.2) is 0 Å². The van der Waals surface area contributed by atoms with Crippen LogP contribution in [0.3, 0.4) is 0 Å². The van der Waals surface area contributed by atoms with Crippen molar-refractivity contribution in [3.63, 3.8) is 0 Å². The first kappa shape index (κ1) is 12.9. The highest BCUT2D eigenvalue weighted by atomic mass is 15.0. The molecule has 0 bridgehead atoms. The maximum atomic E-state index is 5.65. The number of aryl methyl sites for hydroxylation is 2. The van der Waals surface area contributed by atoms with Crippen LogP contribution < -0.4 is 5.73 Å². The molecule has 0 fully saturated rings. The van der Waals surface area contributed by atoms with Gasteiger partial charge >= 0.3 is 0 Å². The van der Waals surface area contributed by atoms with Gasteiger partial charge in [-0.25, -0.2) is 4.98 Å². The Labute approximate surface area is 119 Å². The Morgan fingerprint density at radius 3 is 2.55 bits per heavy atom. The van der Waals surface area contributed by atoms with E-state index < -0.39 is 0 Å². The summed E-state index contributed by atoms with van der Waals surface area (Å²) in [5.74, 6) is 0. The highest BCUT2D eigenvalue weighted by Gasteiger charge is 2.12. The van der Waals surface area contributed by atoms with Gasteiger partial charge in [-0.2, -0.15) is 0 Å². The molecule has 0 spiro atoms. The molecule has 2 heterocycles. The van der Waals surface area contributed by atoms with E-state index in [2.05, 4.69) is 60.8 Å². The second-order valence-electron chi connectivity index (χ2n) is 5.09. The van der Waals surface area contributed by atoms with Crippen LogP contribution in [0, 0.1) is 6.92 Å². The van der Waals surface area contributed by atoms with Gasteiger partial charge in [-0.15, -0.1) is 0 Å². The molecule has 0 saturated carbocycles. The Bertz CT molecular complexity index is 739. The molecule has 2 N–H and O–H groups in total. The van der Waals surface area contributed by atoms with E-state index in [1.165, 1.54) is 11.3 Å². The van der Waals surface area contributed by atoms with Gasteiger partial charge in [0.05, 0.1) is 11.4 Å². The molecule has 0 unspecified atom stereocenters. The van der Waals surface area contributed by atoms with Crippen LogP contribution in [0.4, 0.5) is 0 Å². The minimum absolute atomic E-state index is 0.575. The van der Waals surface area contributed by atoms with E-state index >= 15 is 0 Å². The highest BCUT2D eigenvalue weighted by Crippen LogP contribution is 2.25. The summed E-state index contributed by atoms with van der Waals surface area (Å²) in [6, 6.07) is 12.6. The zero-order chi connectivity index (χ0) is 14.1. The molecule has 0 aliphatic heterocycles. The van der Waals surface area contributed by atoms with Gasteiger partial charge in [-0.05, 0) is 36.6 Å². The fraction of sp³-hybridized carbons (Fsp3) is 0.235. The Morgan fingerprint density at radius 1 is 1.15 bits per heavy atom. The van der Waals surface area contributed by atoms with Crippen molar-refractivity contribution in [2.45, 2.75) is 26.8 Å². The van der Waals surface area contributed by atoms with Gasteiger partial charge in [-0.1, -0.05) is 31.2 Å². The quantitative estimate of drug-likeness (QED) is 0.789. The van der Waals surface area contributed by atoms with Crippen molar-refractivity contribution in [2.24, 2.45) is 5.73 Å². The second-order valence-corrected chi connectivity index (χ2v) is 5.09. The predicted octanol–water partition coefficient (Wildman–Crippen LogP) is 3.33. The lowest BCUT2D eigenvalue weighted by molar-refractivity contribution is 0.995. The SMILES string of the molecule is CCc1c(-c2ccc(CN)cc2)nc2cc(C)ccn12. The minimum Gasteiger partial charge on any atom is -0.326 e. The zero-order valence-corrected chi connectivity index (χ0v) is 11.9. The lowest BCUT2D eigenvalue weighted by atomic mass is 10.1. The number of nitrogens with zero attached hydrogens (tertiary/aromatic N) is 2. The van der Waals surface area contributed by atoms with Crippen molar-refractivity contribution >= 4 is 5.65 Å². The maximum Gasteiger partial charge on any atom is 0.137 e. The summed E-state index contributed by atoms with van der Waals surface area (Å²) in [7, 11) is 0. The lowest BCUT2D eigenvalue weighted by Gasteiger charge is -2.03. The van der Waals surface area contributed by atoms with Crippen LogP contribution in [-0.2, 0) is 13.0 Å². The average Bonchev–Trinajstić information content (AvgIpc) is 2.84. The van der Waals surface area contributed by atoms with Crippen molar-refractivity contribution in [1.29, 1.82) is 0 Å². The van der Waals surface area contributed by atoms with E-state index in [0.717, 1.165) is 28.9 Å². The first-order chi connectivity index (χ1) is 9.72. The highest BCUT2D eigenvalue weighted by molar-refractivity contribution is 5.67. The molecule has 0 radical (unpaired) electrons. The van der Waals surface area contributed by atoms with E-state index in [0.29, 0.717) is 6.54 Å². The minimum atomic E-state index is 0.575. The number of imidazole rings is 1. The number of fused-ring (bicyclic) bond motifs is 1. The molecule has 1 aromatic carbocycles. The third kappa shape index (κ3) is 2.10. The number of hydrogen-bond donors (Lipinski definition) is 1. The van der Waals surface area contributed by atoms with E-state index in [9.17, 15) is 0 Å². The van der Waals surface area contributed by atoms with Crippen molar-refractivity contribution in [1.82, 2.24) is 9.38 Å². The molecule has 3 heteroatoms. The smallest absolute Gasteiger partial charge is 0.137 e. The summed E-state index contributed by atoms with van der Waals surface area (Å²) in [5, 5.41) is 0. The van der Waals surface area contributed by atoms with Crippen LogP contribution in [0.1, 0.15) is 23.7 Å². The predicted molar refractivity (Wildman–Crippen MR) is 82.6 cm³/mol. The molecule has 102 valence electrons. The number of pyridine rings is 1. The summed E-state index contributed by atoms with van der Waals surface area (Å²) in [6.07, 6.45) is 3.06. The number of rotatable bonds is 3. The maximum absolute atomic E-state index is 5.65.